The maximum absolute atomic E-state index is 11.0. The largest absolute Gasteiger partial charge is 0.478 e. The molecule has 1 aromatic carbocycles. The topological polar surface area (TPSA) is 37.3 Å². The second-order valence-electron chi connectivity index (χ2n) is 2.98. The average Bonchev–Trinajstić information content (AvgIpc) is 2.64. The molecule has 15 heavy (non-hydrogen) atoms. The standard InChI is InChI=1S/C11H7BrO2S/c12-10-6-15-5-9(10)7-3-1-2-4-8(7)11(13)14/h1-6H,(H,13,14). The van der Waals surface area contributed by atoms with E-state index >= 15 is 0 Å². The van der Waals surface area contributed by atoms with Crippen molar-refractivity contribution in [3.63, 3.8) is 0 Å². The van der Waals surface area contributed by atoms with E-state index in [0.29, 0.717) is 5.56 Å². The first-order valence-corrected chi connectivity index (χ1v) is 5.98. The van der Waals surface area contributed by atoms with Crippen LogP contribution in [-0.2, 0) is 0 Å². The van der Waals surface area contributed by atoms with Crippen molar-refractivity contribution in [2.24, 2.45) is 0 Å². The van der Waals surface area contributed by atoms with Gasteiger partial charge < -0.3 is 5.11 Å². The van der Waals surface area contributed by atoms with Crippen LogP contribution in [0.3, 0.4) is 0 Å². The van der Waals surface area contributed by atoms with Gasteiger partial charge >= 0.3 is 5.97 Å². The van der Waals surface area contributed by atoms with Gasteiger partial charge in [0.05, 0.1) is 5.56 Å². The van der Waals surface area contributed by atoms with Gasteiger partial charge in [0, 0.05) is 15.4 Å². The quantitative estimate of drug-likeness (QED) is 0.908. The third-order valence-electron chi connectivity index (χ3n) is 2.06. The summed E-state index contributed by atoms with van der Waals surface area (Å²) in [7, 11) is 0. The zero-order valence-electron chi connectivity index (χ0n) is 7.61. The fourth-order valence-corrected chi connectivity index (χ4v) is 2.89. The maximum atomic E-state index is 11.0. The monoisotopic (exact) mass is 282 g/mol. The fourth-order valence-electron chi connectivity index (χ4n) is 1.38. The van der Waals surface area contributed by atoms with Crippen LogP contribution in [0.5, 0.6) is 0 Å². The number of carboxylic acids is 1. The zero-order chi connectivity index (χ0) is 10.8. The molecule has 0 fully saturated rings. The number of thiophene rings is 1. The van der Waals surface area contributed by atoms with Crippen molar-refractivity contribution in [2.45, 2.75) is 0 Å². The van der Waals surface area contributed by atoms with Gasteiger partial charge in [-0.1, -0.05) is 18.2 Å². The van der Waals surface area contributed by atoms with Gasteiger partial charge in [0.25, 0.3) is 0 Å². The molecule has 0 saturated heterocycles. The molecule has 0 aliphatic rings. The lowest BCUT2D eigenvalue weighted by Crippen LogP contribution is -1.98. The van der Waals surface area contributed by atoms with Crippen molar-refractivity contribution in [3.8, 4) is 11.1 Å². The summed E-state index contributed by atoms with van der Waals surface area (Å²) in [5, 5.41) is 12.9. The highest BCUT2D eigenvalue weighted by atomic mass is 79.9. The van der Waals surface area contributed by atoms with Crippen LogP contribution in [0.2, 0.25) is 0 Å². The Morgan fingerprint density at radius 2 is 1.93 bits per heavy atom. The van der Waals surface area contributed by atoms with Gasteiger partial charge in [0.1, 0.15) is 0 Å². The lowest BCUT2D eigenvalue weighted by molar-refractivity contribution is 0.0698. The molecule has 2 rings (SSSR count). The molecule has 1 heterocycles. The van der Waals surface area contributed by atoms with Crippen molar-refractivity contribution in [2.75, 3.05) is 0 Å². The van der Waals surface area contributed by atoms with E-state index in [4.69, 9.17) is 5.11 Å². The Bertz CT molecular complexity index is 505. The molecule has 76 valence electrons. The lowest BCUT2D eigenvalue weighted by atomic mass is 10.0. The number of carboxylic acid groups (broad SMARTS) is 1. The van der Waals surface area contributed by atoms with Crippen LogP contribution >= 0.6 is 27.3 Å². The Morgan fingerprint density at radius 1 is 1.20 bits per heavy atom. The summed E-state index contributed by atoms with van der Waals surface area (Å²) in [5.74, 6) is -0.899. The number of carbonyl (C=O) groups is 1. The minimum absolute atomic E-state index is 0.330. The summed E-state index contributed by atoms with van der Waals surface area (Å²) in [6.07, 6.45) is 0. The van der Waals surface area contributed by atoms with Gasteiger partial charge in [-0.25, -0.2) is 4.79 Å². The molecule has 1 aromatic heterocycles. The van der Waals surface area contributed by atoms with Crippen molar-refractivity contribution in [1.29, 1.82) is 0 Å². The number of aromatic carboxylic acids is 1. The van der Waals surface area contributed by atoms with Crippen LogP contribution < -0.4 is 0 Å². The molecule has 0 bridgehead atoms. The molecule has 0 aliphatic heterocycles. The SMILES string of the molecule is O=C(O)c1ccccc1-c1cscc1Br. The Hall–Kier alpha value is -1.13. The summed E-state index contributed by atoms with van der Waals surface area (Å²) in [5.41, 5.74) is 2.01. The van der Waals surface area contributed by atoms with E-state index in [9.17, 15) is 4.79 Å². The third kappa shape index (κ3) is 1.96. The molecule has 0 spiro atoms. The molecule has 0 unspecified atom stereocenters. The summed E-state index contributed by atoms with van der Waals surface area (Å²) in [4.78, 5) is 11.0. The Balaban J connectivity index is 2.63. The maximum Gasteiger partial charge on any atom is 0.336 e. The highest BCUT2D eigenvalue weighted by Crippen LogP contribution is 2.33. The van der Waals surface area contributed by atoms with E-state index in [2.05, 4.69) is 15.9 Å². The van der Waals surface area contributed by atoms with E-state index in [1.165, 1.54) is 0 Å². The second-order valence-corrected chi connectivity index (χ2v) is 4.58. The zero-order valence-corrected chi connectivity index (χ0v) is 10.0. The molecule has 0 aliphatic carbocycles. The number of hydrogen-bond donors (Lipinski definition) is 1. The minimum Gasteiger partial charge on any atom is -0.478 e. The Kier molecular flexibility index (Phi) is 2.88. The molecule has 0 saturated carbocycles. The third-order valence-corrected chi connectivity index (χ3v) is 3.77. The molecule has 2 nitrogen and oxygen atoms in total. The second kappa shape index (κ2) is 4.16. The van der Waals surface area contributed by atoms with Gasteiger partial charge in [-0.05, 0) is 32.9 Å². The van der Waals surface area contributed by atoms with Crippen LogP contribution in [0.15, 0.2) is 39.5 Å². The molecule has 0 radical (unpaired) electrons. The molecular weight excluding hydrogens is 276 g/mol. The molecule has 0 atom stereocenters. The molecule has 2 aromatic rings. The van der Waals surface area contributed by atoms with Crippen LogP contribution in [-0.4, -0.2) is 11.1 Å². The lowest BCUT2D eigenvalue weighted by Gasteiger charge is -2.04. The van der Waals surface area contributed by atoms with Crippen molar-refractivity contribution < 1.29 is 9.90 Å². The number of rotatable bonds is 2. The summed E-state index contributed by atoms with van der Waals surface area (Å²) >= 11 is 4.95. The van der Waals surface area contributed by atoms with E-state index < -0.39 is 5.97 Å². The highest BCUT2D eigenvalue weighted by Gasteiger charge is 2.13. The van der Waals surface area contributed by atoms with Gasteiger partial charge in [0.2, 0.25) is 0 Å². The molecular formula is C11H7BrO2S. The van der Waals surface area contributed by atoms with Crippen molar-refractivity contribution in [1.82, 2.24) is 0 Å². The predicted octanol–water partition coefficient (Wildman–Crippen LogP) is 3.88. The van der Waals surface area contributed by atoms with Crippen LogP contribution in [0, 0.1) is 0 Å². The first-order valence-electron chi connectivity index (χ1n) is 4.24. The van der Waals surface area contributed by atoms with Gasteiger partial charge in [-0.3, -0.25) is 0 Å². The molecule has 1 N–H and O–H groups in total. The van der Waals surface area contributed by atoms with Crippen LogP contribution in [0.1, 0.15) is 10.4 Å². The van der Waals surface area contributed by atoms with Gasteiger partial charge in [0.15, 0.2) is 0 Å². The van der Waals surface area contributed by atoms with Gasteiger partial charge in [-0.15, -0.1) is 0 Å². The number of halogens is 1. The van der Waals surface area contributed by atoms with Crippen LogP contribution in [0.4, 0.5) is 0 Å². The first-order chi connectivity index (χ1) is 7.20. The van der Waals surface area contributed by atoms with Crippen LogP contribution in [0.25, 0.3) is 11.1 Å². The summed E-state index contributed by atoms with van der Waals surface area (Å²) in [6.45, 7) is 0. The van der Waals surface area contributed by atoms with Crippen molar-refractivity contribution >= 4 is 33.2 Å². The van der Waals surface area contributed by atoms with E-state index in [-0.39, 0.29) is 0 Å². The first kappa shape index (κ1) is 10.4. The fraction of sp³-hybridized carbons (Fsp3) is 0. The number of hydrogen-bond acceptors (Lipinski definition) is 2. The van der Waals surface area contributed by atoms with E-state index in [0.717, 1.165) is 15.6 Å². The minimum atomic E-state index is -0.899. The Labute approximate surface area is 99.3 Å². The normalized spacial score (nSPS) is 10.2. The van der Waals surface area contributed by atoms with E-state index in [1.807, 2.05) is 22.9 Å². The average molecular weight is 283 g/mol. The smallest absolute Gasteiger partial charge is 0.336 e. The predicted molar refractivity (Wildman–Crippen MR) is 64.4 cm³/mol. The van der Waals surface area contributed by atoms with Gasteiger partial charge in [-0.2, -0.15) is 11.3 Å². The molecule has 4 heteroatoms. The highest BCUT2D eigenvalue weighted by molar-refractivity contribution is 9.10. The number of benzene rings is 1. The summed E-state index contributed by atoms with van der Waals surface area (Å²) < 4.78 is 0.932. The molecule has 0 amide bonds. The van der Waals surface area contributed by atoms with Crippen molar-refractivity contribution in [3.05, 3.63) is 45.1 Å². The summed E-state index contributed by atoms with van der Waals surface area (Å²) in [6, 6.07) is 7.00. The van der Waals surface area contributed by atoms with E-state index in [1.54, 1.807) is 23.5 Å². The Morgan fingerprint density at radius 3 is 2.53 bits per heavy atom.